The predicted molar refractivity (Wildman–Crippen MR) is 93.9 cm³/mol. The molecule has 1 aliphatic heterocycles. The third-order valence-electron chi connectivity index (χ3n) is 4.72. The number of aromatic nitrogens is 3. The zero-order valence-corrected chi connectivity index (χ0v) is 14.8. The minimum absolute atomic E-state index is 0.0985. The van der Waals surface area contributed by atoms with E-state index in [2.05, 4.69) is 25.2 Å². The molecule has 6 nitrogen and oxygen atoms in total. The summed E-state index contributed by atoms with van der Waals surface area (Å²) < 4.78 is 19.4. The van der Waals surface area contributed by atoms with Crippen LogP contribution < -0.4 is 10.2 Å². The number of nitrogens with one attached hydrogen (secondary N) is 1. The summed E-state index contributed by atoms with van der Waals surface area (Å²) in [4.78, 5) is 14.6. The molecular weight excluding hydrogens is 321 g/mol. The number of hydrogen-bond acceptors (Lipinski definition) is 6. The molecule has 0 aromatic carbocycles. The van der Waals surface area contributed by atoms with Crippen molar-refractivity contribution in [2.75, 3.05) is 25.1 Å². The van der Waals surface area contributed by atoms with Gasteiger partial charge in [-0.2, -0.15) is 0 Å². The topological polar surface area (TPSA) is 63.2 Å². The van der Waals surface area contributed by atoms with Gasteiger partial charge in [0.25, 0.3) is 0 Å². The minimum Gasteiger partial charge on any atom is -0.380 e. The first-order valence-corrected chi connectivity index (χ1v) is 8.49. The number of anilines is 1. The van der Waals surface area contributed by atoms with Crippen LogP contribution >= 0.6 is 0 Å². The summed E-state index contributed by atoms with van der Waals surface area (Å²) in [7, 11) is 1.73. The maximum absolute atomic E-state index is 13.9. The minimum atomic E-state index is -0.285. The monoisotopic (exact) mass is 345 g/mol. The van der Waals surface area contributed by atoms with Crippen molar-refractivity contribution in [1.29, 1.82) is 0 Å². The molecule has 0 bridgehead atoms. The third-order valence-corrected chi connectivity index (χ3v) is 4.72. The highest BCUT2D eigenvalue weighted by atomic mass is 19.1. The summed E-state index contributed by atoms with van der Waals surface area (Å²) in [5.74, 6) is 0.619. The van der Waals surface area contributed by atoms with Crippen molar-refractivity contribution in [2.24, 2.45) is 0 Å². The lowest BCUT2D eigenvalue weighted by molar-refractivity contribution is 0.118. The van der Waals surface area contributed by atoms with E-state index >= 15 is 0 Å². The fourth-order valence-electron chi connectivity index (χ4n) is 3.28. The number of halogens is 1. The molecule has 25 heavy (non-hydrogen) atoms. The van der Waals surface area contributed by atoms with Gasteiger partial charge in [-0.25, -0.2) is 14.4 Å². The van der Waals surface area contributed by atoms with Gasteiger partial charge >= 0.3 is 0 Å². The van der Waals surface area contributed by atoms with Crippen LogP contribution in [0.2, 0.25) is 0 Å². The molecule has 0 amide bonds. The van der Waals surface area contributed by atoms with E-state index < -0.39 is 0 Å². The molecule has 1 unspecified atom stereocenters. The van der Waals surface area contributed by atoms with Crippen molar-refractivity contribution >= 4 is 5.82 Å². The largest absolute Gasteiger partial charge is 0.380 e. The van der Waals surface area contributed by atoms with E-state index in [4.69, 9.17) is 4.74 Å². The summed E-state index contributed by atoms with van der Waals surface area (Å²) in [6, 6.07) is 3.83. The average Bonchev–Trinajstić information content (AvgIpc) is 3.03. The second-order valence-electron chi connectivity index (χ2n) is 6.44. The highest BCUT2D eigenvalue weighted by molar-refractivity contribution is 5.42. The Morgan fingerprint density at radius 2 is 2.28 bits per heavy atom. The van der Waals surface area contributed by atoms with Crippen LogP contribution in [0.4, 0.5) is 10.2 Å². The summed E-state index contributed by atoms with van der Waals surface area (Å²) in [5.41, 5.74) is 1.56. The van der Waals surface area contributed by atoms with Gasteiger partial charge in [0.1, 0.15) is 18.0 Å². The molecule has 3 heterocycles. The first-order valence-electron chi connectivity index (χ1n) is 8.49. The Morgan fingerprint density at radius 3 is 3.00 bits per heavy atom. The van der Waals surface area contributed by atoms with Crippen LogP contribution in [0.3, 0.4) is 0 Å². The number of aryl methyl sites for hydroxylation is 1. The molecule has 1 saturated heterocycles. The Hall–Kier alpha value is -2.12. The number of methoxy groups -OCH3 is 1. The maximum atomic E-state index is 13.9. The quantitative estimate of drug-likeness (QED) is 0.866. The Labute approximate surface area is 147 Å². The number of nitrogens with zero attached hydrogens (tertiary/aromatic N) is 4. The molecule has 0 aliphatic carbocycles. The van der Waals surface area contributed by atoms with Crippen LogP contribution in [-0.4, -0.2) is 47.3 Å². The van der Waals surface area contributed by atoms with Crippen molar-refractivity contribution in [3.8, 4) is 0 Å². The van der Waals surface area contributed by atoms with Gasteiger partial charge in [0.15, 0.2) is 0 Å². The molecule has 0 radical (unpaired) electrons. The number of pyridine rings is 1. The molecule has 134 valence electrons. The standard InChI is InChI=1S/C18H24FN5O/c1-12-6-18(23-11-22-12)24-10-15(25-3)7-14(24)8-21-13(2)16-4-5-20-9-17(16)19/h4-6,9,11,13-15,21H,7-8,10H2,1-3H3/t13?,14-,15-/m0/s1. The summed E-state index contributed by atoms with van der Waals surface area (Å²) in [6.07, 6.45) is 5.51. The van der Waals surface area contributed by atoms with Crippen LogP contribution in [0.15, 0.2) is 30.9 Å². The highest BCUT2D eigenvalue weighted by Gasteiger charge is 2.33. The van der Waals surface area contributed by atoms with Gasteiger partial charge in [-0.15, -0.1) is 0 Å². The number of ether oxygens (including phenoxy) is 1. The van der Waals surface area contributed by atoms with Crippen LogP contribution in [0.1, 0.15) is 30.6 Å². The molecule has 2 aromatic heterocycles. The molecular formula is C18H24FN5O. The van der Waals surface area contributed by atoms with Crippen LogP contribution in [-0.2, 0) is 4.74 Å². The van der Waals surface area contributed by atoms with Gasteiger partial charge in [-0.1, -0.05) is 0 Å². The van der Waals surface area contributed by atoms with E-state index in [1.165, 1.54) is 6.20 Å². The summed E-state index contributed by atoms with van der Waals surface area (Å²) in [6.45, 7) is 5.42. The second kappa shape index (κ2) is 7.84. The van der Waals surface area contributed by atoms with E-state index in [9.17, 15) is 4.39 Å². The number of hydrogen-bond donors (Lipinski definition) is 1. The van der Waals surface area contributed by atoms with Crippen LogP contribution in [0.5, 0.6) is 0 Å². The van der Waals surface area contributed by atoms with E-state index in [1.54, 1.807) is 25.7 Å². The molecule has 3 atom stereocenters. The molecule has 1 fully saturated rings. The Balaban J connectivity index is 1.70. The lowest BCUT2D eigenvalue weighted by atomic mass is 10.1. The smallest absolute Gasteiger partial charge is 0.146 e. The van der Waals surface area contributed by atoms with E-state index in [-0.39, 0.29) is 24.0 Å². The molecule has 1 N–H and O–H groups in total. The van der Waals surface area contributed by atoms with Crippen molar-refractivity contribution < 1.29 is 9.13 Å². The maximum Gasteiger partial charge on any atom is 0.146 e. The van der Waals surface area contributed by atoms with Crippen molar-refractivity contribution in [3.63, 3.8) is 0 Å². The van der Waals surface area contributed by atoms with Gasteiger partial charge in [0, 0.05) is 55.8 Å². The van der Waals surface area contributed by atoms with E-state index in [0.717, 1.165) is 24.5 Å². The first kappa shape index (κ1) is 17.7. The highest BCUT2D eigenvalue weighted by Crippen LogP contribution is 2.26. The lowest BCUT2D eigenvalue weighted by Crippen LogP contribution is -2.39. The Kier molecular flexibility index (Phi) is 5.55. The summed E-state index contributed by atoms with van der Waals surface area (Å²) >= 11 is 0. The molecule has 1 aliphatic rings. The molecule has 3 rings (SSSR count). The van der Waals surface area contributed by atoms with Crippen molar-refractivity contribution in [1.82, 2.24) is 20.3 Å². The summed E-state index contributed by atoms with van der Waals surface area (Å²) in [5, 5.41) is 3.43. The fraction of sp³-hybridized carbons (Fsp3) is 0.500. The molecule has 0 spiro atoms. The van der Waals surface area contributed by atoms with Crippen LogP contribution in [0.25, 0.3) is 0 Å². The second-order valence-corrected chi connectivity index (χ2v) is 6.44. The number of rotatable bonds is 6. The predicted octanol–water partition coefficient (Wildman–Crippen LogP) is 2.26. The zero-order valence-electron chi connectivity index (χ0n) is 14.8. The fourth-order valence-corrected chi connectivity index (χ4v) is 3.28. The van der Waals surface area contributed by atoms with Crippen molar-refractivity contribution in [3.05, 3.63) is 47.9 Å². The lowest BCUT2D eigenvalue weighted by Gasteiger charge is -2.27. The Bertz CT molecular complexity index is 713. The Morgan fingerprint density at radius 1 is 1.44 bits per heavy atom. The van der Waals surface area contributed by atoms with Gasteiger partial charge < -0.3 is 15.0 Å². The van der Waals surface area contributed by atoms with Crippen molar-refractivity contribution in [2.45, 2.75) is 38.5 Å². The molecule has 7 heteroatoms. The van der Waals surface area contributed by atoms with Gasteiger partial charge in [-0.3, -0.25) is 4.98 Å². The average molecular weight is 345 g/mol. The van der Waals surface area contributed by atoms with Gasteiger partial charge in [0.2, 0.25) is 0 Å². The normalized spacial score (nSPS) is 21.5. The zero-order chi connectivity index (χ0) is 17.8. The third kappa shape index (κ3) is 4.11. The SMILES string of the molecule is CO[C@H]1C[C@@H](CNC(C)c2ccncc2F)N(c2cc(C)ncn2)C1. The molecule has 0 saturated carbocycles. The molecule has 2 aromatic rings. The van der Waals surface area contributed by atoms with Gasteiger partial charge in [-0.05, 0) is 26.3 Å². The van der Waals surface area contributed by atoms with E-state index in [0.29, 0.717) is 12.1 Å². The first-order chi connectivity index (χ1) is 12.1. The van der Waals surface area contributed by atoms with Crippen LogP contribution in [0, 0.1) is 12.7 Å². The van der Waals surface area contributed by atoms with Gasteiger partial charge in [0.05, 0.1) is 12.3 Å². The van der Waals surface area contributed by atoms with E-state index in [1.807, 2.05) is 19.9 Å².